The molecule has 10 heavy (non-hydrogen) atoms. The third-order valence-corrected chi connectivity index (χ3v) is 0.0886. The Morgan fingerprint density at radius 2 is 0.900 bits per heavy atom. The predicted molar refractivity (Wildman–Crippen MR) is 9.60 cm³/mol. The van der Waals surface area contributed by atoms with Crippen molar-refractivity contribution in [2.24, 2.45) is 0 Å². The standard InChI is InChI=1S/3Na.H2O6.Zn/c;;;1-3-5-6-4-2;/h;;;1-2H;/q3*+1;;+2. The van der Waals surface area contributed by atoms with Crippen LogP contribution in [0.2, 0.25) is 0 Å². The van der Waals surface area contributed by atoms with Crippen LogP contribution < -0.4 is 88.7 Å². The van der Waals surface area contributed by atoms with Crippen LogP contribution in [0.5, 0.6) is 0 Å². The summed E-state index contributed by atoms with van der Waals surface area (Å²) in [5.41, 5.74) is 0. The summed E-state index contributed by atoms with van der Waals surface area (Å²) in [6.45, 7) is 0. The van der Waals surface area contributed by atoms with Crippen LogP contribution >= 0.6 is 0 Å². The fourth-order valence-corrected chi connectivity index (χ4v) is 0.0248. The molecule has 38 valence electrons. The molecule has 0 aliphatic carbocycles. The Morgan fingerprint density at radius 3 is 1.00 bits per heavy atom. The molecule has 0 heterocycles. The molecule has 0 saturated heterocycles. The molecule has 0 aliphatic rings. The summed E-state index contributed by atoms with van der Waals surface area (Å²) in [7, 11) is 0. The molecule has 0 atom stereocenters. The van der Waals surface area contributed by atoms with Gasteiger partial charge in [0.15, 0.2) is 0 Å². The molecule has 0 aliphatic heterocycles. The van der Waals surface area contributed by atoms with Gasteiger partial charge in [0, 0.05) is 0 Å². The van der Waals surface area contributed by atoms with Crippen molar-refractivity contribution in [3.63, 3.8) is 0 Å². The summed E-state index contributed by atoms with van der Waals surface area (Å²) >= 11 is 0. The number of rotatable bonds is 3. The molecule has 0 fully saturated rings. The summed E-state index contributed by atoms with van der Waals surface area (Å²) in [4.78, 5) is 0. The maximum Gasteiger partial charge on any atom is 2.00 e. The summed E-state index contributed by atoms with van der Waals surface area (Å²) in [5, 5.41) is 26.0. The van der Waals surface area contributed by atoms with E-state index in [-0.39, 0.29) is 108 Å². The molecule has 0 aromatic heterocycles. The van der Waals surface area contributed by atoms with Gasteiger partial charge in [-0.3, -0.25) is 0 Å². The van der Waals surface area contributed by atoms with Crippen LogP contribution in [-0.2, 0) is 39.6 Å². The Bertz CT molecular complexity index is 25.0. The van der Waals surface area contributed by atoms with Crippen molar-refractivity contribution in [2.45, 2.75) is 0 Å². The second kappa shape index (κ2) is 29.4. The third kappa shape index (κ3) is 30.1. The molecule has 0 radical (unpaired) electrons. The van der Waals surface area contributed by atoms with Crippen molar-refractivity contribution in [2.75, 3.05) is 0 Å². The van der Waals surface area contributed by atoms with Crippen LogP contribution in [-0.4, -0.2) is 10.5 Å². The number of hydrogen-bond acceptors (Lipinski definition) is 6. The predicted octanol–water partition coefficient (Wildman–Crippen LogP) is -9.25. The van der Waals surface area contributed by atoms with Gasteiger partial charge in [-0.15, -0.1) is 0 Å². The van der Waals surface area contributed by atoms with Gasteiger partial charge < -0.3 is 0 Å². The van der Waals surface area contributed by atoms with E-state index in [1.54, 1.807) is 0 Å². The van der Waals surface area contributed by atoms with Crippen LogP contribution in [0, 0.1) is 0 Å². The summed E-state index contributed by atoms with van der Waals surface area (Å²) in [6, 6.07) is 0. The first-order chi connectivity index (χ1) is 2.91. The largest absolute Gasteiger partial charge is 2.00 e. The van der Waals surface area contributed by atoms with Gasteiger partial charge in [-0.05, 0) is 20.2 Å². The minimum Gasteiger partial charge on any atom is -0.219 e. The van der Waals surface area contributed by atoms with Gasteiger partial charge >= 0.3 is 108 Å². The van der Waals surface area contributed by atoms with Gasteiger partial charge in [-0.2, -0.15) is 0 Å². The Morgan fingerprint density at radius 1 is 0.700 bits per heavy atom. The fraction of sp³-hybridized carbons (Fsp3) is 0. The normalized spacial score (nSPS) is 5.40. The van der Waals surface area contributed by atoms with Crippen molar-refractivity contribution in [3.8, 4) is 0 Å². The van der Waals surface area contributed by atoms with Crippen molar-refractivity contribution in [3.05, 3.63) is 0 Å². The topological polar surface area (TPSA) is 77.4 Å². The van der Waals surface area contributed by atoms with E-state index >= 15 is 0 Å². The zero-order valence-corrected chi connectivity index (χ0v) is 15.2. The Labute approximate surface area is 136 Å². The zero-order chi connectivity index (χ0) is 4.83. The Balaban J connectivity index is -0.0000000208. The van der Waals surface area contributed by atoms with Crippen molar-refractivity contribution in [1.29, 1.82) is 0 Å². The molecule has 6 nitrogen and oxygen atoms in total. The molecule has 0 rings (SSSR count). The second-order valence-electron chi connectivity index (χ2n) is 0.285. The zero-order valence-electron chi connectivity index (χ0n) is 6.23. The minimum absolute atomic E-state index is 0. The summed E-state index contributed by atoms with van der Waals surface area (Å²) in [6.07, 6.45) is 0. The average molecular weight is 232 g/mol. The minimum atomic E-state index is 0. The average Bonchev–Trinajstić information content (AvgIpc) is 1.61. The molecule has 0 spiro atoms. The molecule has 10 heteroatoms. The molecule has 2 N–H and O–H groups in total. The molecule has 0 amide bonds. The molecule has 0 aromatic carbocycles. The van der Waals surface area contributed by atoms with Crippen LogP contribution in [0.15, 0.2) is 0 Å². The van der Waals surface area contributed by atoms with Gasteiger partial charge in [-0.1, -0.05) is 0 Å². The molecular weight excluding hydrogens is 230 g/mol. The van der Waals surface area contributed by atoms with E-state index in [0.717, 1.165) is 0 Å². The van der Waals surface area contributed by atoms with Gasteiger partial charge in [0.05, 0.1) is 0 Å². The Hall–Kier alpha value is 3.38. The van der Waals surface area contributed by atoms with Gasteiger partial charge in [-0.25, -0.2) is 10.5 Å². The van der Waals surface area contributed by atoms with Crippen LogP contribution in [0.3, 0.4) is 0 Å². The monoisotopic (exact) mass is 231 g/mol. The Kier molecular flexibility index (Phi) is 86.0. The first kappa shape index (κ1) is 29.2. The van der Waals surface area contributed by atoms with E-state index in [0.29, 0.717) is 0 Å². The molecule has 0 saturated carbocycles. The summed E-state index contributed by atoms with van der Waals surface area (Å²) < 4.78 is 0. The van der Waals surface area contributed by atoms with Gasteiger partial charge in [0.2, 0.25) is 0 Å². The smallest absolute Gasteiger partial charge is 0.219 e. The van der Waals surface area contributed by atoms with Gasteiger partial charge in [0.1, 0.15) is 0 Å². The fourth-order valence-electron chi connectivity index (χ4n) is 0.0248. The van der Waals surface area contributed by atoms with Crippen molar-refractivity contribution in [1.82, 2.24) is 0 Å². The maximum atomic E-state index is 7.16. The van der Waals surface area contributed by atoms with E-state index in [9.17, 15) is 0 Å². The van der Waals surface area contributed by atoms with Crippen LogP contribution in [0.4, 0.5) is 0 Å². The molecule has 0 bridgehead atoms. The van der Waals surface area contributed by atoms with E-state index in [1.165, 1.54) is 0 Å². The molecule has 0 aromatic rings. The van der Waals surface area contributed by atoms with Crippen molar-refractivity contribution < 1.29 is 139 Å². The quantitative estimate of drug-likeness (QED) is 0.218. The maximum absolute atomic E-state index is 7.16. The van der Waals surface area contributed by atoms with E-state index < -0.39 is 0 Å². The van der Waals surface area contributed by atoms with Crippen molar-refractivity contribution >= 4 is 0 Å². The van der Waals surface area contributed by atoms with Gasteiger partial charge in [0.25, 0.3) is 0 Å². The van der Waals surface area contributed by atoms with Crippen LogP contribution in [0.1, 0.15) is 0 Å². The number of hydrogen-bond donors (Lipinski definition) is 2. The van der Waals surface area contributed by atoms with Crippen LogP contribution in [0.25, 0.3) is 0 Å². The molecular formula is H2Na3O6Zn+5. The van der Waals surface area contributed by atoms with E-state index in [2.05, 4.69) is 20.2 Å². The van der Waals surface area contributed by atoms with E-state index in [4.69, 9.17) is 10.5 Å². The molecule has 0 unspecified atom stereocenters. The second-order valence-corrected chi connectivity index (χ2v) is 0.285. The summed E-state index contributed by atoms with van der Waals surface area (Å²) in [5.74, 6) is 0. The first-order valence-electron chi connectivity index (χ1n) is 0.865. The third-order valence-electron chi connectivity index (χ3n) is 0.0886. The SMILES string of the molecule is OOOOOO.[Na+].[Na+].[Na+].[Zn+2]. The van der Waals surface area contributed by atoms with E-state index in [1.807, 2.05) is 0 Å². The first-order valence-corrected chi connectivity index (χ1v) is 0.865.